The maximum atomic E-state index is 13.6. The zero-order valence-corrected chi connectivity index (χ0v) is 22.5. The highest BCUT2D eigenvalue weighted by Crippen LogP contribution is 2.40. The minimum atomic E-state index is -3.84. The average Bonchev–Trinajstić information content (AvgIpc) is 2.94. The van der Waals surface area contributed by atoms with Gasteiger partial charge in [-0.1, -0.05) is 60.0 Å². The summed E-state index contributed by atoms with van der Waals surface area (Å²) in [5.74, 6) is 3.78. The first kappa shape index (κ1) is 26.8. The monoisotopic (exact) mass is 526 g/mol. The lowest BCUT2D eigenvalue weighted by Crippen LogP contribution is -2.31. The van der Waals surface area contributed by atoms with Crippen LogP contribution in [-0.2, 0) is 16.6 Å². The number of hydrogen-bond donors (Lipinski definition) is 0. The summed E-state index contributed by atoms with van der Waals surface area (Å²) in [5, 5.41) is 0. The Hall–Kier alpha value is -4.25. The Balaban J connectivity index is 1.84. The molecule has 4 rings (SSSR count). The SMILES string of the molecule is C#CCN(Cc1ccccc1N(c1ccccc1)c1cc(OC)cc(OC)c1)S(=O)(=O)c1ccc(C)cc1. The Morgan fingerprint density at radius 2 is 1.39 bits per heavy atom. The van der Waals surface area contributed by atoms with Crippen LogP contribution in [0, 0.1) is 19.3 Å². The van der Waals surface area contributed by atoms with E-state index in [-0.39, 0.29) is 18.0 Å². The molecule has 6 nitrogen and oxygen atoms in total. The van der Waals surface area contributed by atoms with Gasteiger partial charge in [0.1, 0.15) is 11.5 Å². The molecule has 0 unspecified atom stereocenters. The summed E-state index contributed by atoms with van der Waals surface area (Å²) in [6, 6.07) is 29.9. The van der Waals surface area contributed by atoms with E-state index in [1.165, 1.54) is 4.31 Å². The molecule has 0 atom stereocenters. The van der Waals surface area contributed by atoms with Crippen LogP contribution >= 0.6 is 0 Å². The van der Waals surface area contributed by atoms with E-state index in [0.717, 1.165) is 28.2 Å². The number of sulfonamides is 1. The fourth-order valence-electron chi connectivity index (χ4n) is 4.17. The van der Waals surface area contributed by atoms with Crippen molar-refractivity contribution in [2.24, 2.45) is 0 Å². The Morgan fingerprint density at radius 3 is 2.00 bits per heavy atom. The van der Waals surface area contributed by atoms with E-state index in [9.17, 15) is 8.42 Å². The normalized spacial score (nSPS) is 11.1. The van der Waals surface area contributed by atoms with Crippen LogP contribution in [0.15, 0.2) is 102 Å². The number of aryl methyl sites for hydroxylation is 1. The third-order valence-corrected chi connectivity index (χ3v) is 7.92. The zero-order chi connectivity index (χ0) is 27.1. The van der Waals surface area contributed by atoms with Crippen LogP contribution in [0.1, 0.15) is 11.1 Å². The van der Waals surface area contributed by atoms with Gasteiger partial charge >= 0.3 is 0 Å². The van der Waals surface area contributed by atoms with Crippen LogP contribution < -0.4 is 14.4 Å². The largest absolute Gasteiger partial charge is 0.497 e. The highest BCUT2D eigenvalue weighted by atomic mass is 32.2. The molecule has 4 aromatic carbocycles. The predicted molar refractivity (Wildman–Crippen MR) is 152 cm³/mol. The first-order valence-corrected chi connectivity index (χ1v) is 13.5. The third-order valence-electron chi connectivity index (χ3n) is 6.11. The van der Waals surface area contributed by atoms with Crippen molar-refractivity contribution in [3.8, 4) is 23.8 Å². The second-order valence-electron chi connectivity index (χ2n) is 8.66. The summed E-state index contributed by atoms with van der Waals surface area (Å²) in [7, 11) is -0.631. The summed E-state index contributed by atoms with van der Waals surface area (Å²) in [6.45, 7) is 1.93. The number of ether oxygens (including phenoxy) is 2. The summed E-state index contributed by atoms with van der Waals surface area (Å²) in [4.78, 5) is 2.25. The molecular weight excluding hydrogens is 496 g/mol. The Bertz CT molecular complexity index is 1510. The molecule has 0 amide bonds. The highest BCUT2D eigenvalue weighted by Gasteiger charge is 2.26. The molecule has 4 aromatic rings. The number of hydrogen-bond acceptors (Lipinski definition) is 5. The van der Waals surface area contributed by atoms with Crippen molar-refractivity contribution in [3.63, 3.8) is 0 Å². The maximum Gasteiger partial charge on any atom is 0.244 e. The lowest BCUT2D eigenvalue weighted by atomic mass is 10.1. The fraction of sp³-hybridized carbons (Fsp3) is 0.161. The number of para-hydroxylation sites is 2. The third kappa shape index (κ3) is 5.83. The molecular formula is C31H30N2O4S. The lowest BCUT2D eigenvalue weighted by Gasteiger charge is -2.29. The second kappa shape index (κ2) is 11.9. The van der Waals surface area contributed by atoms with Crippen molar-refractivity contribution < 1.29 is 17.9 Å². The lowest BCUT2D eigenvalue weighted by molar-refractivity contribution is 0.394. The van der Waals surface area contributed by atoms with Gasteiger partial charge in [0.05, 0.1) is 37.0 Å². The molecule has 0 saturated heterocycles. The maximum absolute atomic E-state index is 13.6. The van der Waals surface area contributed by atoms with Crippen LogP contribution in [-0.4, -0.2) is 33.5 Å². The van der Waals surface area contributed by atoms with Gasteiger partial charge in [0.25, 0.3) is 0 Å². The Kier molecular flexibility index (Phi) is 8.37. The van der Waals surface area contributed by atoms with Gasteiger partial charge < -0.3 is 14.4 Å². The van der Waals surface area contributed by atoms with Gasteiger partial charge in [-0.05, 0) is 42.8 Å². The number of anilines is 3. The van der Waals surface area contributed by atoms with Gasteiger partial charge in [-0.3, -0.25) is 0 Å². The molecule has 0 saturated carbocycles. The zero-order valence-electron chi connectivity index (χ0n) is 21.7. The minimum Gasteiger partial charge on any atom is -0.497 e. The van der Waals surface area contributed by atoms with Crippen LogP contribution in [0.3, 0.4) is 0 Å². The van der Waals surface area contributed by atoms with Crippen molar-refractivity contribution in [3.05, 3.63) is 108 Å². The van der Waals surface area contributed by atoms with Gasteiger partial charge in [0, 0.05) is 30.4 Å². The average molecular weight is 527 g/mol. The minimum absolute atomic E-state index is 0.0666. The van der Waals surface area contributed by atoms with E-state index in [1.54, 1.807) is 44.6 Å². The van der Waals surface area contributed by atoms with Crippen LogP contribution in [0.4, 0.5) is 17.1 Å². The van der Waals surface area contributed by atoms with Crippen LogP contribution in [0.25, 0.3) is 0 Å². The van der Waals surface area contributed by atoms with Crippen LogP contribution in [0.5, 0.6) is 11.5 Å². The van der Waals surface area contributed by atoms with E-state index in [1.807, 2.05) is 78.6 Å². The van der Waals surface area contributed by atoms with Gasteiger partial charge in [-0.25, -0.2) is 8.42 Å². The summed E-state index contributed by atoms with van der Waals surface area (Å²) in [5.41, 5.74) is 4.24. The molecule has 0 aliphatic carbocycles. The van der Waals surface area contributed by atoms with Gasteiger partial charge in [-0.15, -0.1) is 6.42 Å². The van der Waals surface area contributed by atoms with Crippen LogP contribution in [0.2, 0.25) is 0 Å². The van der Waals surface area contributed by atoms with Crippen molar-refractivity contribution in [2.45, 2.75) is 18.4 Å². The van der Waals surface area contributed by atoms with Crippen molar-refractivity contribution in [1.29, 1.82) is 0 Å². The summed E-state index contributed by atoms with van der Waals surface area (Å²) < 4.78 is 39.6. The number of methoxy groups -OCH3 is 2. The molecule has 0 fully saturated rings. The van der Waals surface area contributed by atoms with Crippen molar-refractivity contribution in [1.82, 2.24) is 4.31 Å². The summed E-state index contributed by atoms with van der Waals surface area (Å²) >= 11 is 0. The quantitative estimate of drug-likeness (QED) is 0.227. The molecule has 0 aromatic heterocycles. The molecule has 194 valence electrons. The molecule has 7 heteroatoms. The predicted octanol–water partition coefficient (Wildman–Crippen LogP) is 6.31. The molecule has 0 heterocycles. The van der Waals surface area contributed by atoms with E-state index in [4.69, 9.17) is 15.9 Å². The van der Waals surface area contributed by atoms with Gasteiger partial charge in [-0.2, -0.15) is 4.31 Å². The second-order valence-corrected chi connectivity index (χ2v) is 10.6. The highest BCUT2D eigenvalue weighted by molar-refractivity contribution is 7.89. The van der Waals surface area contributed by atoms with Gasteiger partial charge in [0.15, 0.2) is 0 Å². The topological polar surface area (TPSA) is 59.1 Å². The van der Waals surface area contributed by atoms with E-state index in [2.05, 4.69) is 5.92 Å². The van der Waals surface area contributed by atoms with E-state index < -0.39 is 10.0 Å². The number of benzene rings is 4. The molecule has 38 heavy (non-hydrogen) atoms. The van der Waals surface area contributed by atoms with Crippen molar-refractivity contribution in [2.75, 3.05) is 25.7 Å². The number of nitrogens with zero attached hydrogens (tertiary/aromatic N) is 2. The van der Waals surface area contributed by atoms with Crippen molar-refractivity contribution >= 4 is 27.1 Å². The molecule has 0 bridgehead atoms. The first-order valence-electron chi connectivity index (χ1n) is 12.0. The number of rotatable bonds is 10. The Labute approximate surface area is 225 Å². The first-order chi connectivity index (χ1) is 18.4. The molecule has 0 N–H and O–H groups in total. The van der Waals surface area contributed by atoms with E-state index >= 15 is 0 Å². The molecule has 0 aliphatic heterocycles. The Morgan fingerprint density at radius 1 is 0.789 bits per heavy atom. The molecule has 0 spiro atoms. The fourth-order valence-corrected chi connectivity index (χ4v) is 5.50. The summed E-state index contributed by atoms with van der Waals surface area (Å²) in [6.07, 6.45) is 5.63. The smallest absolute Gasteiger partial charge is 0.244 e. The van der Waals surface area contributed by atoms with E-state index in [0.29, 0.717) is 11.5 Å². The standard InChI is InChI=1S/C31H30N2O4S/c1-5-19-32(38(34,35)30-17-15-24(2)16-18-30)23-25-11-9-10-14-31(25)33(26-12-7-6-8-13-26)27-20-28(36-3)22-29(21-27)37-4/h1,6-18,20-22H,19,23H2,2-4H3. The van der Waals surface area contributed by atoms with Gasteiger partial charge in [0.2, 0.25) is 10.0 Å². The number of terminal acetylenes is 1. The molecule has 0 radical (unpaired) electrons. The molecule has 0 aliphatic rings.